The highest BCUT2D eigenvalue weighted by molar-refractivity contribution is 7.13. The highest BCUT2D eigenvalue weighted by Gasteiger charge is 2.54. The highest BCUT2D eigenvalue weighted by atomic mass is 32.1. The van der Waals surface area contributed by atoms with Crippen molar-refractivity contribution in [3.05, 3.63) is 52.7 Å². The van der Waals surface area contributed by atoms with Gasteiger partial charge in [-0.2, -0.15) is 0 Å². The molecule has 0 spiro atoms. The third kappa shape index (κ3) is 3.26. The molecule has 0 N–H and O–H groups in total. The van der Waals surface area contributed by atoms with Gasteiger partial charge in [-0.25, -0.2) is 4.98 Å². The number of hydrogen-bond acceptors (Lipinski definition) is 6. The Hall–Kier alpha value is -2.67. The summed E-state index contributed by atoms with van der Waals surface area (Å²) < 4.78 is 11.8. The maximum atomic E-state index is 13.7. The zero-order valence-electron chi connectivity index (χ0n) is 17.9. The van der Waals surface area contributed by atoms with Crippen LogP contribution in [0.1, 0.15) is 45.2 Å². The molecule has 0 radical (unpaired) electrons. The van der Waals surface area contributed by atoms with Crippen LogP contribution in [0.2, 0.25) is 0 Å². The fourth-order valence-electron chi connectivity index (χ4n) is 5.02. The molecule has 5 unspecified atom stereocenters. The van der Waals surface area contributed by atoms with Crippen molar-refractivity contribution < 1.29 is 19.1 Å². The molecule has 3 heterocycles. The third-order valence-electron chi connectivity index (χ3n) is 6.84. The smallest absolute Gasteiger partial charge is 0.296 e. The number of thiazole rings is 1. The van der Waals surface area contributed by atoms with E-state index in [1.165, 1.54) is 11.3 Å². The van der Waals surface area contributed by atoms with Crippen molar-refractivity contribution in [2.45, 2.75) is 45.8 Å². The Bertz CT molecular complexity index is 1030. The van der Waals surface area contributed by atoms with Gasteiger partial charge in [0.15, 0.2) is 16.7 Å². The fourth-order valence-corrected chi connectivity index (χ4v) is 5.69. The lowest BCUT2D eigenvalue weighted by Gasteiger charge is -2.40. The summed E-state index contributed by atoms with van der Waals surface area (Å²) in [5, 5.41) is 2.40. The molecule has 2 aliphatic heterocycles. The monoisotopic (exact) mass is 438 g/mol. The van der Waals surface area contributed by atoms with Gasteiger partial charge in [0.05, 0.1) is 24.1 Å². The Balaban J connectivity index is 1.59. The van der Waals surface area contributed by atoms with E-state index in [4.69, 9.17) is 9.47 Å². The molecule has 0 bridgehead atoms. The Labute approximate surface area is 185 Å². The molecule has 1 aliphatic carbocycles. The molecule has 1 amide bonds. The molecule has 5 atom stereocenters. The van der Waals surface area contributed by atoms with Crippen molar-refractivity contribution >= 4 is 28.2 Å². The van der Waals surface area contributed by atoms with Crippen molar-refractivity contribution in [3.63, 3.8) is 0 Å². The summed E-state index contributed by atoms with van der Waals surface area (Å²) in [5.41, 5.74) is 1.33. The molecule has 31 heavy (non-hydrogen) atoms. The van der Waals surface area contributed by atoms with Crippen molar-refractivity contribution in [1.29, 1.82) is 0 Å². The lowest BCUT2D eigenvalue weighted by molar-refractivity contribution is -0.134. The number of nitrogens with zero attached hydrogens (tertiary/aromatic N) is 2. The van der Waals surface area contributed by atoms with E-state index in [0.717, 1.165) is 24.2 Å². The van der Waals surface area contributed by atoms with Crippen LogP contribution in [-0.4, -0.2) is 29.4 Å². The number of anilines is 1. The van der Waals surface area contributed by atoms with Crippen LogP contribution in [0.3, 0.4) is 0 Å². The minimum atomic E-state index is -0.535. The zero-order chi connectivity index (χ0) is 21.7. The molecular weight excluding hydrogens is 412 g/mol. The molecule has 1 saturated carbocycles. The van der Waals surface area contributed by atoms with Crippen molar-refractivity contribution in [1.82, 2.24) is 4.98 Å². The van der Waals surface area contributed by atoms with E-state index in [2.05, 4.69) is 18.8 Å². The molecule has 2 aromatic rings. The molecule has 1 aromatic heterocycles. The van der Waals surface area contributed by atoms with Gasteiger partial charge in [0.25, 0.3) is 5.91 Å². The topological polar surface area (TPSA) is 68.7 Å². The van der Waals surface area contributed by atoms with Gasteiger partial charge in [0.2, 0.25) is 0 Å². The Morgan fingerprint density at radius 3 is 2.58 bits per heavy atom. The number of carbonyl (C=O) groups is 2. The van der Waals surface area contributed by atoms with E-state index in [1.54, 1.807) is 11.1 Å². The predicted molar refractivity (Wildman–Crippen MR) is 118 cm³/mol. The number of ketones is 1. The summed E-state index contributed by atoms with van der Waals surface area (Å²) in [6.45, 7) is 6.91. The number of Topliss-reactive ketones (excluding diaryl/α,β-unsaturated/α-hetero) is 1. The number of hydrogen-bond donors (Lipinski definition) is 0. The summed E-state index contributed by atoms with van der Waals surface area (Å²) in [6, 6.07) is 7.06. The van der Waals surface area contributed by atoms with Gasteiger partial charge in [-0.1, -0.05) is 26.0 Å². The first-order chi connectivity index (χ1) is 15.0. The zero-order valence-corrected chi connectivity index (χ0v) is 18.7. The number of carbonyl (C=O) groups excluding carboxylic acids is 2. The molecule has 5 rings (SSSR count). The molecule has 7 heteroatoms. The van der Waals surface area contributed by atoms with Crippen LogP contribution in [0, 0.1) is 17.8 Å². The largest absolute Gasteiger partial charge is 0.494 e. The summed E-state index contributed by atoms with van der Waals surface area (Å²) in [7, 11) is 0. The van der Waals surface area contributed by atoms with E-state index < -0.39 is 6.04 Å². The second kappa shape index (κ2) is 7.79. The number of ether oxygens (including phenoxy) is 2. The maximum Gasteiger partial charge on any atom is 0.296 e. The third-order valence-corrected chi connectivity index (χ3v) is 7.61. The molecule has 3 aliphatic rings. The Kier molecular flexibility index (Phi) is 5.08. The Morgan fingerprint density at radius 1 is 1.16 bits per heavy atom. The average Bonchev–Trinajstić information content (AvgIpc) is 3.37. The highest BCUT2D eigenvalue weighted by Crippen LogP contribution is 2.50. The van der Waals surface area contributed by atoms with Gasteiger partial charge in [0.1, 0.15) is 11.9 Å². The van der Waals surface area contributed by atoms with Crippen LogP contribution >= 0.6 is 11.3 Å². The molecule has 1 fully saturated rings. The lowest BCUT2D eigenvalue weighted by Crippen LogP contribution is -2.43. The summed E-state index contributed by atoms with van der Waals surface area (Å²) in [4.78, 5) is 33.2. The first-order valence-electron chi connectivity index (χ1n) is 10.9. The molecule has 1 aromatic carbocycles. The normalized spacial score (nSPS) is 30.2. The maximum absolute atomic E-state index is 13.7. The summed E-state index contributed by atoms with van der Waals surface area (Å²) in [5.74, 6) is 1.46. The summed E-state index contributed by atoms with van der Waals surface area (Å²) in [6.07, 6.45) is 3.04. The lowest BCUT2D eigenvalue weighted by atomic mass is 9.70. The molecular formula is C24H26N2O4S. The van der Waals surface area contributed by atoms with Gasteiger partial charge in [-0.05, 0) is 49.3 Å². The summed E-state index contributed by atoms with van der Waals surface area (Å²) >= 11 is 1.38. The van der Waals surface area contributed by atoms with Crippen LogP contribution < -0.4 is 9.64 Å². The van der Waals surface area contributed by atoms with E-state index >= 15 is 0 Å². The quantitative estimate of drug-likeness (QED) is 0.701. The van der Waals surface area contributed by atoms with E-state index in [-0.39, 0.29) is 29.5 Å². The van der Waals surface area contributed by atoms with Gasteiger partial charge in [-0.15, -0.1) is 11.3 Å². The molecule has 162 valence electrons. The van der Waals surface area contributed by atoms with Gasteiger partial charge in [0, 0.05) is 11.6 Å². The van der Waals surface area contributed by atoms with Crippen LogP contribution in [0.5, 0.6) is 5.75 Å². The standard InChI is InChI=1S/C24H26N2O4S/c1-4-29-16-7-5-15(6-8-16)20-19-21(27)17-11-13(2)14(3)12-18(17)30-22(19)23(28)26(20)24-25-9-10-31-24/h5-10,13-14,17-18,20H,4,11-12H2,1-3H3. The fraction of sp³-hybridized carbons (Fsp3) is 0.458. The Morgan fingerprint density at radius 2 is 1.90 bits per heavy atom. The van der Waals surface area contributed by atoms with Crippen molar-refractivity contribution in [2.24, 2.45) is 17.8 Å². The van der Waals surface area contributed by atoms with Gasteiger partial charge < -0.3 is 9.47 Å². The van der Waals surface area contributed by atoms with Crippen LogP contribution in [-0.2, 0) is 14.3 Å². The second-order valence-corrected chi connectivity index (χ2v) is 9.56. The average molecular weight is 439 g/mol. The predicted octanol–water partition coefficient (Wildman–Crippen LogP) is 4.53. The van der Waals surface area contributed by atoms with Gasteiger partial charge >= 0.3 is 0 Å². The minimum Gasteiger partial charge on any atom is -0.494 e. The van der Waals surface area contributed by atoms with Crippen LogP contribution in [0.15, 0.2) is 47.2 Å². The molecule has 6 nitrogen and oxygen atoms in total. The number of aromatic nitrogens is 1. The van der Waals surface area contributed by atoms with E-state index in [9.17, 15) is 9.59 Å². The number of rotatable bonds is 4. The first-order valence-corrected chi connectivity index (χ1v) is 11.8. The SMILES string of the molecule is CCOc1ccc(C2C3=C(OC4CC(C)C(C)CC4C3=O)C(=O)N2c2nccs2)cc1. The number of benzene rings is 1. The van der Waals surface area contributed by atoms with Crippen LogP contribution in [0.4, 0.5) is 5.13 Å². The van der Waals surface area contributed by atoms with Gasteiger partial charge in [-0.3, -0.25) is 14.5 Å². The first kappa shape index (κ1) is 20.2. The van der Waals surface area contributed by atoms with Crippen LogP contribution in [0.25, 0.3) is 0 Å². The van der Waals surface area contributed by atoms with Crippen molar-refractivity contribution in [3.8, 4) is 5.75 Å². The second-order valence-electron chi connectivity index (χ2n) is 8.69. The van der Waals surface area contributed by atoms with E-state index in [1.807, 2.05) is 36.6 Å². The van der Waals surface area contributed by atoms with Crippen molar-refractivity contribution in [2.75, 3.05) is 11.5 Å². The number of amides is 1. The molecule has 0 saturated heterocycles. The minimum absolute atomic E-state index is 0.0521. The number of fused-ring (bicyclic) bond motifs is 1. The van der Waals surface area contributed by atoms with E-state index in [0.29, 0.717) is 29.1 Å².